The lowest BCUT2D eigenvalue weighted by Gasteiger charge is -2.48. The monoisotopic (exact) mass is 1270 g/mol. The maximum Gasteiger partial charge on any atom is 0.220 e. The van der Waals surface area contributed by atoms with Gasteiger partial charge in [0.25, 0.3) is 0 Å². The van der Waals surface area contributed by atoms with Crippen LogP contribution in [0.5, 0.6) is 0 Å². The molecule has 17 unspecified atom stereocenters. The Kier molecular flexibility index (Phi) is 46.7. The molecule has 19 heteroatoms. The predicted molar refractivity (Wildman–Crippen MR) is 346 cm³/mol. The van der Waals surface area contributed by atoms with E-state index in [9.17, 15) is 61.0 Å². The van der Waals surface area contributed by atoms with Crippen LogP contribution in [0.1, 0.15) is 232 Å². The first-order valence-electron chi connectivity index (χ1n) is 34.7. The van der Waals surface area contributed by atoms with Gasteiger partial charge >= 0.3 is 0 Å². The summed E-state index contributed by atoms with van der Waals surface area (Å²) in [7, 11) is 0. The molecule has 19 nitrogen and oxygen atoms in total. The predicted octanol–water partition coefficient (Wildman–Crippen LogP) is 8.94. The number of unbranched alkanes of at least 4 members (excludes halogenated alkanes) is 26. The molecule has 3 aliphatic rings. The van der Waals surface area contributed by atoms with Crippen LogP contribution in [-0.4, -0.2) is 193 Å². The van der Waals surface area contributed by atoms with Gasteiger partial charge in [0, 0.05) is 6.42 Å². The highest BCUT2D eigenvalue weighted by molar-refractivity contribution is 5.76. The summed E-state index contributed by atoms with van der Waals surface area (Å²) in [4.78, 5) is 13.4. The van der Waals surface area contributed by atoms with Crippen molar-refractivity contribution in [3.63, 3.8) is 0 Å². The highest BCUT2D eigenvalue weighted by Crippen LogP contribution is 2.33. The summed E-state index contributed by atoms with van der Waals surface area (Å²) in [5, 5.41) is 120. The normalized spacial score (nSPS) is 28.7. The molecule has 0 spiro atoms. The minimum atomic E-state index is -1.98. The molecule has 0 bridgehead atoms. The molecule has 3 aliphatic heterocycles. The zero-order chi connectivity index (χ0) is 64.7. The highest BCUT2D eigenvalue weighted by atomic mass is 16.8. The van der Waals surface area contributed by atoms with Crippen LogP contribution in [-0.2, 0) is 33.2 Å². The SMILES string of the molecule is CC/C=C\C/C=C\C/C=C\C/C=C\CCCCCCCCCCCCCCCCCCCCCCC(=O)NC(COC1OC(CO)C(OC2OC(CO)C(OC3OC(CO)C(O)C(O)C3O)C(O)C2O)C(O)C1O)C(O)/C=C/CC/C=C/CCCCCCC. The van der Waals surface area contributed by atoms with Crippen molar-refractivity contribution in [3.05, 3.63) is 72.9 Å². The molecular weight excluding hydrogens is 1140 g/mol. The minimum absolute atomic E-state index is 0.235. The summed E-state index contributed by atoms with van der Waals surface area (Å²) >= 11 is 0. The van der Waals surface area contributed by atoms with Crippen LogP contribution in [0.2, 0.25) is 0 Å². The standard InChI is InChI=1S/C70H123NO18/c1-3-5-7-9-11-13-15-16-17-18-19-20-21-22-23-24-25-26-27-28-29-30-31-32-33-34-35-36-38-40-42-44-46-48-58(76)71-53(54(75)47-45-43-41-39-37-14-12-10-8-6-4-2)52-84-68-64(82)61(79)66(56(50-73)86-68)89-70-65(83)62(80)67(57(51-74)87-70)88-69-63(81)60(78)59(77)55(49-72)85-69/h5,7,11,13,16-17,19-20,37,39,45,47,53-57,59-70,72-75,77-83H,3-4,6,8-10,12,14-15,18,21-36,38,40-44,46,48-52H2,1-2H3,(H,71,76)/b7-5-,13-11-,17-16-,20-19-,39-37+,47-45+. The number of amides is 1. The Balaban J connectivity index is 1.34. The van der Waals surface area contributed by atoms with Crippen molar-refractivity contribution in [2.45, 2.75) is 336 Å². The molecule has 0 saturated carbocycles. The molecule has 1 amide bonds. The Labute approximate surface area is 534 Å². The van der Waals surface area contributed by atoms with Crippen molar-refractivity contribution in [2.75, 3.05) is 26.4 Å². The molecule has 0 radical (unpaired) electrons. The van der Waals surface area contributed by atoms with Gasteiger partial charge in [-0.25, -0.2) is 0 Å². The maximum absolute atomic E-state index is 13.4. The van der Waals surface area contributed by atoms with Crippen LogP contribution in [0.25, 0.3) is 0 Å². The van der Waals surface area contributed by atoms with E-state index in [1.165, 1.54) is 135 Å². The second kappa shape index (κ2) is 51.6. The topological polar surface area (TPSA) is 307 Å². The number of aliphatic hydroxyl groups is 11. The average Bonchev–Trinajstić information content (AvgIpc) is 1.33. The number of nitrogens with one attached hydrogen (secondary N) is 1. The molecule has 3 saturated heterocycles. The second-order valence-electron chi connectivity index (χ2n) is 24.6. The summed E-state index contributed by atoms with van der Waals surface area (Å²) < 4.78 is 34.3. The van der Waals surface area contributed by atoms with Crippen LogP contribution in [0.4, 0.5) is 0 Å². The minimum Gasteiger partial charge on any atom is -0.394 e. The number of aliphatic hydroxyl groups excluding tert-OH is 11. The number of ether oxygens (including phenoxy) is 6. The van der Waals surface area contributed by atoms with Crippen LogP contribution in [0, 0.1) is 0 Å². The molecular formula is C70H123NO18. The number of hydrogen-bond acceptors (Lipinski definition) is 18. The number of hydrogen-bond donors (Lipinski definition) is 12. The zero-order valence-corrected chi connectivity index (χ0v) is 54.4. The van der Waals surface area contributed by atoms with Crippen molar-refractivity contribution in [3.8, 4) is 0 Å². The summed E-state index contributed by atoms with van der Waals surface area (Å²) in [5.41, 5.74) is 0. The summed E-state index contributed by atoms with van der Waals surface area (Å²) in [6.45, 7) is 1.56. The van der Waals surface area contributed by atoms with E-state index in [4.69, 9.17) is 28.4 Å². The Morgan fingerprint density at radius 1 is 0.416 bits per heavy atom. The third-order valence-electron chi connectivity index (χ3n) is 17.0. The van der Waals surface area contributed by atoms with E-state index in [1.807, 2.05) is 6.08 Å². The quantitative estimate of drug-likeness (QED) is 0.0200. The zero-order valence-electron chi connectivity index (χ0n) is 54.4. The lowest BCUT2D eigenvalue weighted by atomic mass is 9.96. The van der Waals surface area contributed by atoms with Gasteiger partial charge in [0.2, 0.25) is 5.91 Å². The van der Waals surface area contributed by atoms with Crippen molar-refractivity contribution in [1.82, 2.24) is 5.32 Å². The van der Waals surface area contributed by atoms with Gasteiger partial charge in [-0.2, -0.15) is 0 Å². The van der Waals surface area contributed by atoms with Gasteiger partial charge < -0.3 is 89.9 Å². The van der Waals surface area contributed by atoms with Gasteiger partial charge in [-0.05, 0) is 70.6 Å². The largest absolute Gasteiger partial charge is 0.394 e. The second-order valence-corrected chi connectivity index (χ2v) is 24.6. The van der Waals surface area contributed by atoms with Crippen molar-refractivity contribution < 1.29 is 89.4 Å². The van der Waals surface area contributed by atoms with E-state index in [0.717, 1.165) is 64.2 Å². The first-order chi connectivity index (χ1) is 43.3. The smallest absolute Gasteiger partial charge is 0.220 e. The van der Waals surface area contributed by atoms with Crippen LogP contribution < -0.4 is 5.32 Å². The van der Waals surface area contributed by atoms with E-state index >= 15 is 0 Å². The van der Waals surface area contributed by atoms with E-state index in [2.05, 4.69) is 79.9 Å². The molecule has 0 aromatic rings. The Hall–Kier alpha value is -2.77. The molecule has 3 heterocycles. The molecule has 3 rings (SSSR count). The first kappa shape index (κ1) is 80.5. The molecule has 0 aromatic heterocycles. The third-order valence-corrected chi connectivity index (χ3v) is 17.0. The number of carbonyl (C=O) groups excluding carboxylic acids is 1. The summed E-state index contributed by atoms with van der Waals surface area (Å²) in [5.74, 6) is -0.287. The molecule has 12 N–H and O–H groups in total. The van der Waals surface area contributed by atoms with Crippen LogP contribution in [0.15, 0.2) is 72.9 Å². The van der Waals surface area contributed by atoms with E-state index in [1.54, 1.807) is 6.08 Å². The van der Waals surface area contributed by atoms with E-state index in [0.29, 0.717) is 12.8 Å². The van der Waals surface area contributed by atoms with Crippen molar-refractivity contribution in [1.29, 1.82) is 0 Å². The molecule has 17 atom stereocenters. The number of rotatable bonds is 52. The summed E-state index contributed by atoms with van der Waals surface area (Å²) in [6, 6.07) is -0.990. The van der Waals surface area contributed by atoms with Gasteiger partial charge in [-0.1, -0.05) is 228 Å². The lowest BCUT2D eigenvalue weighted by molar-refractivity contribution is -0.379. The molecule has 0 aliphatic carbocycles. The fraction of sp³-hybridized carbons (Fsp3) is 0.814. The number of carbonyl (C=O) groups is 1. The van der Waals surface area contributed by atoms with Crippen LogP contribution >= 0.6 is 0 Å². The van der Waals surface area contributed by atoms with Gasteiger partial charge in [0.1, 0.15) is 73.2 Å². The fourth-order valence-corrected chi connectivity index (χ4v) is 11.4. The maximum atomic E-state index is 13.4. The molecule has 516 valence electrons. The van der Waals surface area contributed by atoms with Crippen LogP contribution in [0.3, 0.4) is 0 Å². The van der Waals surface area contributed by atoms with E-state index in [-0.39, 0.29) is 18.9 Å². The highest BCUT2D eigenvalue weighted by Gasteiger charge is 2.53. The molecule has 89 heavy (non-hydrogen) atoms. The third kappa shape index (κ3) is 33.8. The van der Waals surface area contributed by atoms with Gasteiger partial charge in [0.05, 0.1) is 38.6 Å². The van der Waals surface area contributed by atoms with Crippen molar-refractivity contribution in [2.24, 2.45) is 0 Å². The van der Waals surface area contributed by atoms with Gasteiger partial charge in [0.15, 0.2) is 18.9 Å². The van der Waals surface area contributed by atoms with Gasteiger partial charge in [-0.15, -0.1) is 0 Å². The lowest BCUT2D eigenvalue weighted by Crippen LogP contribution is -2.66. The molecule has 0 aromatic carbocycles. The molecule has 3 fully saturated rings. The van der Waals surface area contributed by atoms with E-state index < -0.39 is 124 Å². The number of allylic oxidation sites excluding steroid dienone is 11. The average molecular weight is 1270 g/mol. The first-order valence-corrected chi connectivity index (χ1v) is 34.7. The van der Waals surface area contributed by atoms with Gasteiger partial charge in [-0.3, -0.25) is 4.79 Å². The Morgan fingerprint density at radius 3 is 1.26 bits per heavy atom. The Morgan fingerprint density at radius 2 is 0.787 bits per heavy atom. The summed E-state index contributed by atoms with van der Waals surface area (Å²) in [6.07, 6.45) is 37.7. The Bertz CT molecular complexity index is 1900. The van der Waals surface area contributed by atoms with Crippen molar-refractivity contribution >= 4 is 5.91 Å². The fourth-order valence-electron chi connectivity index (χ4n) is 11.4.